The standard InChI is InChI=1S/C26H26N2O5/c1-14(2)15-10-11-18-21(13-15)33-26(31)19-8-5-9-20(27)22(19)23(29)25(18,26)28-24(30)16-6-4-7-17(12-16)32-3/h4,6-8,10-14,31H,5,9,27H2,1-3H3,(H,28,30). The third-order valence-electron chi connectivity index (χ3n) is 6.76. The largest absolute Gasteiger partial charge is 0.497 e. The lowest BCUT2D eigenvalue weighted by Gasteiger charge is -2.34. The minimum absolute atomic E-state index is 0.215. The van der Waals surface area contributed by atoms with E-state index in [1.165, 1.54) is 7.11 Å². The molecule has 2 aromatic rings. The molecule has 170 valence electrons. The van der Waals surface area contributed by atoms with Crippen molar-refractivity contribution >= 4 is 11.7 Å². The third kappa shape index (κ3) is 2.78. The number of carbonyl (C=O) groups is 2. The van der Waals surface area contributed by atoms with Crippen molar-refractivity contribution in [3.8, 4) is 11.5 Å². The van der Waals surface area contributed by atoms with E-state index in [2.05, 4.69) is 5.32 Å². The van der Waals surface area contributed by atoms with Crippen molar-refractivity contribution in [3.05, 3.63) is 82.1 Å². The molecule has 2 unspecified atom stereocenters. The lowest BCUT2D eigenvalue weighted by molar-refractivity contribution is -0.152. The molecular formula is C26H26N2O5. The molecule has 0 aromatic heterocycles. The predicted octanol–water partition coefficient (Wildman–Crippen LogP) is 3.04. The summed E-state index contributed by atoms with van der Waals surface area (Å²) in [6.07, 6.45) is 2.84. The summed E-state index contributed by atoms with van der Waals surface area (Å²) in [5.74, 6) is -2.03. The average Bonchev–Trinajstić information content (AvgIpc) is 3.16. The molecule has 33 heavy (non-hydrogen) atoms. The number of nitrogens with one attached hydrogen (secondary N) is 1. The maximum absolute atomic E-state index is 14.0. The molecule has 7 nitrogen and oxygen atoms in total. The number of ketones is 1. The molecule has 4 N–H and O–H groups in total. The van der Waals surface area contributed by atoms with Gasteiger partial charge in [-0.25, -0.2) is 0 Å². The summed E-state index contributed by atoms with van der Waals surface area (Å²) in [4.78, 5) is 27.4. The van der Waals surface area contributed by atoms with Gasteiger partial charge in [0.15, 0.2) is 0 Å². The Morgan fingerprint density at radius 2 is 2.03 bits per heavy atom. The minimum atomic E-state index is -2.10. The summed E-state index contributed by atoms with van der Waals surface area (Å²) in [6, 6.07) is 12.1. The van der Waals surface area contributed by atoms with Crippen molar-refractivity contribution in [2.75, 3.05) is 7.11 Å². The quantitative estimate of drug-likeness (QED) is 0.666. The van der Waals surface area contributed by atoms with Crippen LogP contribution in [0.2, 0.25) is 0 Å². The summed E-state index contributed by atoms with van der Waals surface area (Å²) in [5, 5.41) is 14.8. The van der Waals surface area contributed by atoms with Crippen molar-refractivity contribution in [2.24, 2.45) is 5.73 Å². The highest BCUT2D eigenvalue weighted by Gasteiger charge is 2.73. The zero-order valence-electron chi connectivity index (χ0n) is 18.8. The highest BCUT2D eigenvalue weighted by Crippen LogP contribution is 2.59. The molecule has 1 amide bonds. The molecule has 2 atom stereocenters. The van der Waals surface area contributed by atoms with Crippen LogP contribution in [-0.2, 0) is 10.3 Å². The Hall–Kier alpha value is -3.58. The van der Waals surface area contributed by atoms with Gasteiger partial charge in [-0.2, -0.15) is 0 Å². The number of fused-ring (bicyclic) bond motifs is 5. The lowest BCUT2D eigenvalue weighted by atomic mass is 9.82. The second-order valence-corrected chi connectivity index (χ2v) is 8.98. The molecule has 2 aromatic carbocycles. The number of ether oxygens (including phenoxy) is 2. The van der Waals surface area contributed by atoms with E-state index in [0.717, 1.165) is 5.56 Å². The van der Waals surface area contributed by atoms with Gasteiger partial charge in [0.1, 0.15) is 11.5 Å². The van der Waals surface area contributed by atoms with Crippen LogP contribution in [0.25, 0.3) is 0 Å². The Balaban J connectivity index is 1.71. The molecule has 5 rings (SSSR count). The minimum Gasteiger partial charge on any atom is -0.497 e. The maximum Gasteiger partial charge on any atom is 0.270 e. The molecule has 3 aliphatic rings. The van der Waals surface area contributed by atoms with Crippen LogP contribution in [0.3, 0.4) is 0 Å². The van der Waals surface area contributed by atoms with Gasteiger partial charge < -0.3 is 25.6 Å². The second-order valence-electron chi connectivity index (χ2n) is 8.98. The number of aliphatic hydroxyl groups is 1. The first-order valence-corrected chi connectivity index (χ1v) is 11.0. The topological polar surface area (TPSA) is 111 Å². The summed E-state index contributed by atoms with van der Waals surface area (Å²) < 4.78 is 11.3. The van der Waals surface area contributed by atoms with Gasteiger partial charge in [0.2, 0.25) is 11.3 Å². The normalized spacial score (nSPS) is 25.2. The van der Waals surface area contributed by atoms with Gasteiger partial charge in [-0.05, 0) is 48.6 Å². The van der Waals surface area contributed by atoms with Crippen molar-refractivity contribution in [1.29, 1.82) is 0 Å². The summed E-state index contributed by atoms with van der Waals surface area (Å²) in [6.45, 7) is 4.09. The number of methoxy groups -OCH3 is 1. The number of hydrogen-bond acceptors (Lipinski definition) is 6. The van der Waals surface area contributed by atoms with Crippen LogP contribution in [-0.4, -0.2) is 29.7 Å². The maximum atomic E-state index is 14.0. The molecule has 2 aliphatic carbocycles. The summed E-state index contributed by atoms with van der Waals surface area (Å²) >= 11 is 0. The fourth-order valence-corrected chi connectivity index (χ4v) is 4.99. The second kappa shape index (κ2) is 7.22. The highest BCUT2D eigenvalue weighted by molar-refractivity contribution is 6.16. The first-order chi connectivity index (χ1) is 15.7. The van der Waals surface area contributed by atoms with Crippen LogP contribution < -0.4 is 20.5 Å². The molecule has 7 heteroatoms. The fourth-order valence-electron chi connectivity index (χ4n) is 4.99. The Morgan fingerprint density at radius 3 is 2.76 bits per heavy atom. The van der Waals surface area contributed by atoms with Gasteiger partial charge in [-0.1, -0.05) is 38.1 Å². The molecule has 0 radical (unpaired) electrons. The van der Waals surface area contributed by atoms with Crippen LogP contribution in [0.5, 0.6) is 11.5 Å². The smallest absolute Gasteiger partial charge is 0.270 e. The molecular weight excluding hydrogens is 420 g/mol. The van der Waals surface area contributed by atoms with Gasteiger partial charge in [0, 0.05) is 28.0 Å². The van der Waals surface area contributed by atoms with Crippen molar-refractivity contribution in [1.82, 2.24) is 5.32 Å². The zero-order chi connectivity index (χ0) is 23.5. The Kier molecular flexibility index (Phi) is 4.65. The van der Waals surface area contributed by atoms with E-state index >= 15 is 0 Å². The van der Waals surface area contributed by atoms with Crippen LogP contribution in [0.4, 0.5) is 0 Å². The number of amides is 1. The number of carbonyl (C=O) groups excluding carboxylic acids is 2. The first kappa shape index (κ1) is 21.3. The first-order valence-electron chi connectivity index (χ1n) is 11.0. The van der Waals surface area contributed by atoms with Crippen LogP contribution >= 0.6 is 0 Å². The monoisotopic (exact) mass is 446 g/mol. The van der Waals surface area contributed by atoms with Crippen LogP contribution in [0.15, 0.2) is 65.4 Å². The van der Waals surface area contributed by atoms with Crippen LogP contribution in [0.1, 0.15) is 54.1 Å². The van der Waals surface area contributed by atoms with Gasteiger partial charge in [-0.3, -0.25) is 9.59 Å². The Bertz CT molecular complexity index is 1260. The average molecular weight is 447 g/mol. The predicted molar refractivity (Wildman–Crippen MR) is 122 cm³/mol. The SMILES string of the molecule is COc1cccc(C(=O)NC23C(=O)C4=C(N)CCC=C4C2(O)Oc2cc(C(C)C)ccc23)c1. The molecule has 1 aliphatic heterocycles. The highest BCUT2D eigenvalue weighted by atomic mass is 16.6. The summed E-state index contributed by atoms with van der Waals surface area (Å²) in [7, 11) is 1.51. The van der Waals surface area contributed by atoms with Gasteiger partial charge in [0.05, 0.1) is 7.11 Å². The number of Topliss-reactive ketones (excluding diaryl/α,β-unsaturated/α-hetero) is 1. The number of nitrogens with two attached hydrogens (primary N) is 1. The molecule has 1 saturated carbocycles. The summed E-state index contributed by atoms with van der Waals surface area (Å²) in [5.41, 5.74) is 6.98. The molecule has 0 spiro atoms. The fraction of sp³-hybridized carbons (Fsp3) is 0.308. The van der Waals surface area contributed by atoms with E-state index in [1.54, 1.807) is 36.4 Å². The molecule has 0 saturated heterocycles. The molecule has 0 bridgehead atoms. The van der Waals surface area contributed by atoms with Gasteiger partial charge in [0.25, 0.3) is 11.7 Å². The number of rotatable bonds is 4. The number of hydrogen-bond donors (Lipinski definition) is 3. The van der Waals surface area contributed by atoms with Crippen molar-refractivity contribution in [2.45, 2.75) is 43.9 Å². The molecule has 1 heterocycles. The lowest BCUT2D eigenvalue weighted by Crippen LogP contribution is -2.62. The van der Waals surface area contributed by atoms with Gasteiger partial charge >= 0.3 is 0 Å². The van der Waals surface area contributed by atoms with Crippen molar-refractivity contribution < 1.29 is 24.2 Å². The third-order valence-corrected chi connectivity index (χ3v) is 6.76. The van der Waals surface area contributed by atoms with Gasteiger partial charge in [-0.15, -0.1) is 0 Å². The Labute approximate surface area is 191 Å². The van der Waals surface area contributed by atoms with E-state index in [1.807, 2.05) is 26.0 Å². The van der Waals surface area contributed by atoms with E-state index in [4.69, 9.17) is 15.2 Å². The number of allylic oxidation sites excluding steroid dienone is 2. The van der Waals surface area contributed by atoms with E-state index < -0.39 is 23.0 Å². The van der Waals surface area contributed by atoms with Crippen LogP contribution in [0, 0.1) is 0 Å². The van der Waals surface area contributed by atoms with E-state index in [9.17, 15) is 14.7 Å². The van der Waals surface area contributed by atoms with E-state index in [0.29, 0.717) is 41.2 Å². The van der Waals surface area contributed by atoms with E-state index in [-0.39, 0.29) is 17.1 Å². The zero-order valence-corrected chi connectivity index (χ0v) is 18.8. The van der Waals surface area contributed by atoms with Crippen molar-refractivity contribution in [3.63, 3.8) is 0 Å². The Morgan fingerprint density at radius 1 is 1.24 bits per heavy atom. The number of benzene rings is 2. The molecule has 1 fully saturated rings.